The van der Waals surface area contributed by atoms with E-state index in [-0.39, 0.29) is 6.03 Å². The average molecular weight is 395 g/mol. The summed E-state index contributed by atoms with van der Waals surface area (Å²) in [5, 5.41) is 5.46. The van der Waals surface area contributed by atoms with Crippen molar-refractivity contribution in [2.75, 3.05) is 6.61 Å². The Kier molecular flexibility index (Phi) is 6.85. The Labute approximate surface area is 151 Å². The van der Waals surface area contributed by atoms with E-state index in [4.69, 9.17) is 4.74 Å². The lowest BCUT2D eigenvalue weighted by Crippen LogP contribution is -2.45. The SMILES string of the molecule is CCCCCCOC(=O)C1=C(C)NC(=O)N[C@@H]1c1ccccc1Br. The molecule has 0 aromatic heterocycles. The molecule has 0 saturated heterocycles. The fourth-order valence-corrected chi connectivity index (χ4v) is 3.19. The minimum atomic E-state index is -0.530. The third-order valence-electron chi connectivity index (χ3n) is 3.94. The van der Waals surface area contributed by atoms with Crippen LogP contribution >= 0.6 is 15.9 Å². The molecule has 0 bridgehead atoms. The summed E-state index contributed by atoms with van der Waals surface area (Å²) in [5.74, 6) is -0.391. The van der Waals surface area contributed by atoms with Gasteiger partial charge in [0.1, 0.15) is 0 Å². The van der Waals surface area contributed by atoms with Gasteiger partial charge in [-0.2, -0.15) is 0 Å². The van der Waals surface area contributed by atoms with Crippen LogP contribution in [0.4, 0.5) is 4.79 Å². The number of rotatable bonds is 7. The number of urea groups is 1. The summed E-state index contributed by atoms with van der Waals surface area (Å²) < 4.78 is 6.25. The van der Waals surface area contributed by atoms with E-state index < -0.39 is 12.0 Å². The number of halogens is 1. The van der Waals surface area contributed by atoms with E-state index in [1.807, 2.05) is 24.3 Å². The van der Waals surface area contributed by atoms with Crippen LogP contribution in [0.2, 0.25) is 0 Å². The Balaban J connectivity index is 2.17. The van der Waals surface area contributed by atoms with Crippen molar-refractivity contribution in [3.8, 4) is 0 Å². The molecule has 0 spiro atoms. The van der Waals surface area contributed by atoms with Gasteiger partial charge in [0.25, 0.3) is 0 Å². The number of unbranched alkanes of at least 4 members (excludes halogenated alkanes) is 3. The number of allylic oxidation sites excluding steroid dienone is 1. The predicted molar refractivity (Wildman–Crippen MR) is 96.4 cm³/mol. The number of hydrogen-bond donors (Lipinski definition) is 2. The summed E-state index contributed by atoms with van der Waals surface area (Å²) in [5.41, 5.74) is 1.79. The third kappa shape index (κ3) is 4.60. The van der Waals surface area contributed by atoms with Crippen LogP contribution < -0.4 is 10.6 Å². The van der Waals surface area contributed by atoms with Crippen molar-refractivity contribution >= 4 is 27.9 Å². The van der Waals surface area contributed by atoms with Crippen LogP contribution in [0.15, 0.2) is 40.0 Å². The van der Waals surface area contributed by atoms with Gasteiger partial charge in [-0.25, -0.2) is 9.59 Å². The van der Waals surface area contributed by atoms with E-state index in [2.05, 4.69) is 33.5 Å². The minimum absolute atomic E-state index is 0.326. The zero-order chi connectivity index (χ0) is 17.5. The Bertz CT molecular complexity index is 643. The number of carbonyl (C=O) groups is 2. The van der Waals surface area contributed by atoms with Crippen molar-refractivity contribution in [2.24, 2.45) is 0 Å². The number of hydrogen-bond acceptors (Lipinski definition) is 3. The fourth-order valence-electron chi connectivity index (χ4n) is 2.68. The second-order valence-electron chi connectivity index (χ2n) is 5.79. The fraction of sp³-hybridized carbons (Fsp3) is 0.444. The monoisotopic (exact) mass is 394 g/mol. The van der Waals surface area contributed by atoms with Crippen LogP contribution in [0.1, 0.15) is 51.1 Å². The largest absolute Gasteiger partial charge is 0.462 e. The van der Waals surface area contributed by atoms with E-state index in [1.165, 1.54) is 0 Å². The highest BCUT2D eigenvalue weighted by molar-refractivity contribution is 9.10. The first-order chi connectivity index (χ1) is 11.5. The summed E-state index contributed by atoms with van der Waals surface area (Å²) in [6.07, 6.45) is 4.17. The average Bonchev–Trinajstić information content (AvgIpc) is 2.54. The lowest BCUT2D eigenvalue weighted by atomic mass is 9.95. The summed E-state index contributed by atoms with van der Waals surface area (Å²) in [6, 6.07) is 6.66. The van der Waals surface area contributed by atoms with Crippen molar-refractivity contribution in [1.82, 2.24) is 10.6 Å². The van der Waals surface area contributed by atoms with Crippen LogP contribution in [0.25, 0.3) is 0 Å². The molecule has 1 aromatic rings. The maximum absolute atomic E-state index is 12.6. The van der Waals surface area contributed by atoms with E-state index >= 15 is 0 Å². The van der Waals surface area contributed by atoms with Gasteiger partial charge in [0.2, 0.25) is 0 Å². The number of amides is 2. The van der Waals surface area contributed by atoms with Crippen LogP contribution in [0.3, 0.4) is 0 Å². The Morgan fingerprint density at radius 3 is 2.71 bits per heavy atom. The highest BCUT2D eigenvalue weighted by Crippen LogP contribution is 2.32. The zero-order valence-corrected chi connectivity index (χ0v) is 15.6. The summed E-state index contributed by atoms with van der Waals surface area (Å²) in [6.45, 7) is 4.25. The van der Waals surface area contributed by atoms with E-state index in [0.717, 1.165) is 35.7 Å². The van der Waals surface area contributed by atoms with Crippen LogP contribution in [0, 0.1) is 0 Å². The molecule has 24 heavy (non-hydrogen) atoms. The lowest BCUT2D eigenvalue weighted by molar-refractivity contribution is -0.139. The van der Waals surface area contributed by atoms with Gasteiger partial charge in [-0.1, -0.05) is 60.3 Å². The molecule has 1 aliphatic heterocycles. The van der Waals surface area contributed by atoms with Crippen LogP contribution in [-0.2, 0) is 9.53 Å². The molecule has 2 rings (SSSR count). The van der Waals surface area contributed by atoms with Gasteiger partial charge in [-0.05, 0) is 25.0 Å². The molecular formula is C18H23BrN2O3. The molecule has 5 nitrogen and oxygen atoms in total. The molecule has 130 valence electrons. The van der Waals surface area contributed by atoms with Gasteiger partial charge in [0.05, 0.1) is 18.2 Å². The van der Waals surface area contributed by atoms with Crippen molar-refractivity contribution < 1.29 is 14.3 Å². The Morgan fingerprint density at radius 2 is 2.00 bits per heavy atom. The van der Waals surface area contributed by atoms with Crippen molar-refractivity contribution in [3.63, 3.8) is 0 Å². The van der Waals surface area contributed by atoms with Crippen molar-refractivity contribution in [1.29, 1.82) is 0 Å². The summed E-state index contributed by atoms with van der Waals surface area (Å²) >= 11 is 3.48. The number of ether oxygens (including phenoxy) is 1. The molecule has 0 fully saturated rings. The van der Waals surface area contributed by atoms with Gasteiger partial charge >= 0.3 is 12.0 Å². The predicted octanol–water partition coefficient (Wildman–Crippen LogP) is 4.20. The second-order valence-corrected chi connectivity index (χ2v) is 6.64. The molecule has 1 heterocycles. The maximum Gasteiger partial charge on any atom is 0.338 e. The first-order valence-electron chi connectivity index (χ1n) is 8.24. The van der Waals surface area contributed by atoms with E-state index in [1.54, 1.807) is 6.92 Å². The smallest absolute Gasteiger partial charge is 0.338 e. The van der Waals surface area contributed by atoms with Gasteiger partial charge in [-0.15, -0.1) is 0 Å². The number of benzene rings is 1. The molecule has 1 aliphatic rings. The Hall–Kier alpha value is -1.82. The summed E-state index contributed by atoms with van der Waals surface area (Å²) in [7, 11) is 0. The first kappa shape index (κ1) is 18.5. The van der Waals surface area contributed by atoms with Crippen LogP contribution in [-0.4, -0.2) is 18.6 Å². The number of carbonyl (C=O) groups excluding carboxylic acids is 2. The number of nitrogens with one attached hydrogen (secondary N) is 2. The second kappa shape index (κ2) is 8.87. The molecule has 2 N–H and O–H groups in total. The third-order valence-corrected chi connectivity index (χ3v) is 4.66. The molecule has 0 radical (unpaired) electrons. The molecule has 1 aromatic carbocycles. The maximum atomic E-state index is 12.6. The molecule has 6 heteroatoms. The summed E-state index contributed by atoms with van der Waals surface area (Å²) in [4.78, 5) is 24.4. The van der Waals surface area contributed by atoms with Gasteiger partial charge in [-0.3, -0.25) is 0 Å². The van der Waals surface area contributed by atoms with E-state index in [9.17, 15) is 9.59 Å². The minimum Gasteiger partial charge on any atom is -0.462 e. The normalized spacial score (nSPS) is 17.3. The van der Waals surface area contributed by atoms with Crippen molar-refractivity contribution in [3.05, 3.63) is 45.6 Å². The molecule has 1 atom stereocenters. The molecule has 0 saturated carbocycles. The molecular weight excluding hydrogens is 372 g/mol. The quantitative estimate of drug-likeness (QED) is 0.537. The van der Waals surface area contributed by atoms with Gasteiger partial charge in [0, 0.05) is 10.2 Å². The topological polar surface area (TPSA) is 67.4 Å². The van der Waals surface area contributed by atoms with Gasteiger partial charge in [0.15, 0.2) is 0 Å². The van der Waals surface area contributed by atoms with E-state index in [0.29, 0.717) is 17.9 Å². The molecule has 2 amide bonds. The highest BCUT2D eigenvalue weighted by Gasteiger charge is 2.33. The lowest BCUT2D eigenvalue weighted by Gasteiger charge is -2.28. The highest BCUT2D eigenvalue weighted by atomic mass is 79.9. The number of esters is 1. The standard InChI is InChI=1S/C18H23BrN2O3/c1-3-4-5-8-11-24-17(22)15-12(2)20-18(23)21-16(15)13-9-6-7-10-14(13)19/h6-7,9-10,16H,3-5,8,11H2,1-2H3,(H2,20,21,23)/t16-/m1/s1. The first-order valence-corrected chi connectivity index (χ1v) is 9.03. The van der Waals surface area contributed by atoms with Crippen LogP contribution in [0.5, 0.6) is 0 Å². The zero-order valence-electron chi connectivity index (χ0n) is 14.0. The van der Waals surface area contributed by atoms with Gasteiger partial charge < -0.3 is 15.4 Å². The van der Waals surface area contributed by atoms with Crippen molar-refractivity contribution in [2.45, 2.75) is 45.6 Å². The Morgan fingerprint density at radius 1 is 1.25 bits per heavy atom. The molecule has 0 unspecified atom stereocenters. The molecule has 0 aliphatic carbocycles.